The minimum Gasteiger partial charge on any atom is -0.387 e. The molecule has 0 aromatic heterocycles. The first kappa shape index (κ1) is 14.3. The Kier molecular flexibility index (Phi) is 4.42. The Bertz CT molecular complexity index is 476. The van der Waals surface area contributed by atoms with Crippen LogP contribution in [0.2, 0.25) is 0 Å². The molecular formula is C13H15F2NO2S. The zero-order chi connectivity index (χ0) is 13.9. The molecule has 1 saturated heterocycles. The molecular weight excluding hydrogens is 272 g/mol. The van der Waals surface area contributed by atoms with Crippen molar-refractivity contribution in [3.05, 3.63) is 35.4 Å². The molecule has 1 aliphatic heterocycles. The van der Waals surface area contributed by atoms with Gasteiger partial charge < -0.3 is 10.4 Å². The van der Waals surface area contributed by atoms with Crippen LogP contribution in [0.5, 0.6) is 0 Å². The van der Waals surface area contributed by atoms with E-state index < -0.39 is 17.2 Å². The van der Waals surface area contributed by atoms with Gasteiger partial charge in [-0.1, -0.05) is 6.07 Å². The number of benzene rings is 1. The monoisotopic (exact) mass is 287 g/mol. The number of thioether (sulfide) groups is 1. The van der Waals surface area contributed by atoms with Gasteiger partial charge in [0.15, 0.2) is 11.6 Å². The van der Waals surface area contributed by atoms with Crippen LogP contribution in [0, 0.1) is 11.6 Å². The van der Waals surface area contributed by atoms with Crippen LogP contribution in [-0.2, 0) is 11.2 Å². The molecule has 1 amide bonds. The number of hydrogen-bond donors (Lipinski definition) is 2. The highest BCUT2D eigenvalue weighted by atomic mass is 32.2. The summed E-state index contributed by atoms with van der Waals surface area (Å²) in [5.74, 6) is -0.706. The van der Waals surface area contributed by atoms with Crippen LogP contribution < -0.4 is 5.32 Å². The molecule has 19 heavy (non-hydrogen) atoms. The van der Waals surface area contributed by atoms with Crippen molar-refractivity contribution in [3.8, 4) is 0 Å². The average Bonchev–Trinajstić information content (AvgIpc) is 2.79. The quantitative estimate of drug-likeness (QED) is 0.882. The van der Waals surface area contributed by atoms with E-state index in [-0.39, 0.29) is 18.9 Å². The summed E-state index contributed by atoms with van der Waals surface area (Å²) in [5.41, 5.74) is -0.432. The first-order chi connectivity index (χ1) is 8.98. The fourth-order valence-corrected chi connectivity index (χ4v) is 3.19. The molecule has 0 bridgehead atoms. The van der Waals surface area contributed by atoms with E-state index in [0.717, 1.165) is 17.9 Å². The van der Waals surface area contributed by atoms with Gasteiger partial charge in [-0.15, -0.1) is 0 Å². The van der Waals surface area contributed by atoms with E-state index >= 15 is 0 Å². The SMILES string of the molecule is O=C(Cc1ccc(F)c(F)c1)NCC1(O)CCSC1. The van der Waals surface area contributed by atoms with Crippen molar-refractivity contribution in [1.29, 1.82) is 0 Å². The predicted octanol–water partition coefficient (Wildman–Crippen LogP) is 1.49. The lowest BCUT2D eigenvalue weighted by atomic mass is 10.0. The van der Waals surface area contributed by atoms with Crippen LogP contribution in [0.15, 0.2) is 18.2 Å². The highest BCUT2D eigenvalue weighted by Crippen LogP contribution is 2.26. The van der Waals surface area contributed by atoms with Crippen LogP contribution >= 0.6 is 11.8 Å². The molecule has 1 heterocycles. The summed E-state index contributed by atoms with van der Waals surface area (Å²) in [4.78, 5) is 11.7. The summed E-state index contributed by atoms with van der Waals surface area (Å²) >= 11 is 1.65. The van der Waals surface area contributed by atoms with Gasteiger partial charge in [-0.3, -0.25) is 4.79 Å². The standard InChI is InChI=1S/C13H15F2NO2S/c14-10-2-1-9(5-11(10)15)6-12(17)16-7-13(18)3-4-19-8-13/h1-2,5,18H,3-4,6-8H2,(H,16,17). The molecule has 0 aliphatic carbocycles. The molecule has 104 valence electrons. The number of carbonyl (C=O) groups excluding carboxylic acids is 1. The molecule has 1 aliphatic rings. The van der Waals surface area contributed by atoms with Crippen molar-refractivity contribution in [3.63, 3.8) is 0 Å². The lowest BCUT2D eigenvalue weighted by Crippen LogP contribution is -2.43. The number of carbonyl (C=O) groups is 1. The third-order valence-corrected chi connectivity index (χ3v) is 4.28. The molecule has 0 radical (unpaired) electrons. The second-order valence-electron chi connectivity index (χ2n) is 4.73. The Labute approximate surface area is 114 Å². The van der Waals surface area contributed by atoms with Gasteiger partial charge in [0.1, 0.15) is 0 Å². The van der Waals surface area contributed by atoms with E-state index in [9.17, 15) is 18.7 Å². The van der Waals surface area contributed by atoms with Gasteiger partial charge in [0.25, 0.3) is 0 Å². The minimum atomic E-state index is -0.962. The Morgan fingerprint density at radius 1 is 1.42 bits per heavy atom. The van der Waals surface area contributed by atoms with E-state index in [4.69, 9.17) is 0 Å². The number of aliphatic hydroxyl groups is 1. The van der Waals surface area contributed by atoms with E-state index in [1.165, 1.54) is 6.07 Å². The largest absolute Gasteiger partial charge is 0.387 e. The molecule has 2 rings (SSSR count). The fourth-order valence-electron chi connectivity index (χ4n) is 1.90. The van der Waals surface area contributed by atoms with Gasteiger partial charge in [-0.25, -0.2) is 8.78 Å². The van der Waals surface area contributed by atoms with Crippen molar-refractivity contribution >= 4 is 17.7 Å². The van der Waals surface area contributed by atoms with Gasteiger partial charge in [0.05, 0.1) is 12.0 Å². The summed E-state index contributed by atoms with van der Waals surface area (Å²) in [6, 6.07) is 3.38. The average molecular weight is 287 g/mol. The molecule has 1 aromatic carbocycles. The highest BCUT2D eigenvalue weighted by molar-refractivity contribution is 7.99. The minimum absolute atomic E-state index is 0.0274. The maximum Gasteiger partial charge on any atom is 0.224 e. The molecule has 0 saturated carbocycles. The smallest absolute Gasteiger partial charge is 0.224 e. The maximum atomic E-state index is 13.0. The van der Waals surface area contributed by atoms with Gasteiger partial charge in [-0.2, -0.15) is 11.8 Å². The van der Waals surface area contributed by atoms with E-state index in [2.05, 4.69) is 5.32 Å². The number of rotatable bonds is 4. The fraction of sp³-hybridized carbons (Fsp3) is 0.462. The normalized spacial score (nSPS) is 22.5. The summed E-state index contributed by atoms with van der Waals surface area (Å²) < 4.78 is 25.7. The Hall–Kier alpha value is -1.14. The van der Waals surface area contributed by atoms with Crippen LogP contribution in [0.1, 0.15) is 12.0 Å². The summed E-state index contributed by atoms with van der Waals surface area (Å²) in [6.45, 7) is 0.197. The van der Waals surface area contributed by atoms with Crippen molar-refractivity contribution in [1.82, 2.24) is 5.32 Å². The molecule has 1 unspecified atom stereocenters. The first-order valence-electron chi connectivity index (χ1n) is 5.99. The van der Waals surface area contributed by atoms with Crippen LogP contribution in [0.4, 0.5) is 8.78 Å². The topological polar surface area (TPSA) is 49.3 Å². The Balaban J connectivity index is 1.85. The van der Waals surface area contributed by atoms with Gasteiger partial charge in [0, 0.05) is 12.3 Å². The summed E-state index contributed by atoms with van der Waals surface area (Å²) in [5, 5.41) is 12.7. The molecule has 1 aromatic rings. The second kappa shape index (κ2) is 5.88. The third kappa shape index (κ3) is 3.91. The second-order valence-corrected chi connectivity index (χ2v) is 5.83. The lowest BCUT2D eigenvalue weighted by Gasteiger charge is -2.21. The van der Waals surface area contributed by atoms with Gasteiger partial charge in [0.2, 0.25) is 5.91 Å². The lowest BCUT2D eigenvalue weighted by molar-refractivity contribution is -0.121. The number of halogens is 2. The number of hydrogen-bond acceptors (Lipinski definition) is 3. The summed E-state index contributed by atoms with van der Waals surface area (Å²) in [7, 11) is 0. The van der Waals surface area contributed by atoms with E-state index in [1.807, 2.05) is 0 Å². The molecule has 1 atom stereocenters. The molecule has 2 N–H and O–H groups in total. The summed E-state index contributed by atoms with van der Waals surface area (Å²) in [6.07, 6.45) is 0.629. The number of nitrogens with one attached hydrogen (secondary N) is 1. The van der Waals surface area contributed by atoms with Crippen LogP contribution in [-0.4, -0.2) is 34.7 Å². The Morgan fingerprint density at radius 3 is 2.84 bits per heavy atom. The van der Waals surface area contributed by atoms with Crippen molar-refractivity contribution in [2.45, 2.75) is 18.4 Å². The van der Waals surface area contributed by atoms with E-state index in [0.29, 0.717) is 17.7 Å². The maximum absolute atomic E-state index is 13.0. The van der Waals surface area contributed by atoms with Crippen molar-refractivity contribution < 1.29 is 18.7 Å². The zero-order valence-corrected chi connectivity index (χ0v) is 11.1. The molecule has 3 nitrogen and oxygen atoms in total. The van der Waals surface area contributed by atoms with Gasteiger partial charge in [-0.05, 0) is 29.9 Å². The van der Waals surface area contributed by atoms with Crippen molar-refractivity contribution in [2.24, 2.45) is 0 Å². The van der Waals surface area contributed by atoms with Crippen molar-refractivity contribution in [2.75, 3.05) is 18.1 Å². The zero-order valence-electron chi connectivity index (χ0n) is 10.3. The molecule has 6 heteroatoms. The third-order valence-electron chi connectivity index (χ3n) is 3.05. The highest BCUT2D eigenvalue weighted by Gasteiger charge is 2.31. The predicted molar refractivity (Wildman–Crippen MR) is 70.0 cm³/mol. The van der Waals surface area contributed by atoms with E-state index in [1.54, 1.807) is 11.8 Å². The van der Waals surface area contributed by atoms with Crippen LogP contribution in [0.3, 0.4) is 0 Å². The molecule has 1 fully saturated rings. The Morgan fingerprint density at radius 2 is 2.21 bits per heavy atom. The first-order valence-corrected chi connectivity index (χ1v) is 7.15. The van der Waals surface area contributed by atoms with Crippen LogP contribution in [0.25, 0.3) is 0 Å². The van der Waals surface area contributed by atoms with Gasteiger partial charge >= 0.3 is 0 Å². The molecule has 0 spiro atoms. The number of amides is 1.